The van der Waals surface area contributed by atoms with Crippen molar-refractivity contribution in [3.63, 3.8) is 0 Å². The number of nitrogens with zero attached hydrogens (tertiary/aromatic N) is 2. The van der Waals surface area contributed by atoms with E-state index in [4.69, 9.17) is 5.73 Å². The molecular formula is C17H20F2N4O3. The molecule has 0 unspecified atom stereocenters. The molecular weight excluding hydrogens is 346 g/mol. The Labute approximate surface area is 149 Å². The van der Waals surface area contributed by atoms with Gasteiger partial charge in [0.1, 0.15) is 6.04 Å². The Hall–Kier alpha value is -2.71. The average molecular weight is 366 g/mol. The van der Waals surface area contributed by atoms with E-state index in [1.807, 2.05) is 0 Å². The van der Waals surface area contributed by atoms with E-state index >= 15 is 0 Å². The van der Waals surface area contributed by atoms with E-state index in [-0.39, 0.29) is 23.8 Å². The average Bonchev–Trinajstić information content (AvgIpc) is 2.60. The summed E-state index contributed by atoms with van der Waals surface area (Å²) in [4.78, 5) is 37.8. The van der Waals surface area contributed by atoms with Gasteiger partial charge in [0.15, 0.2) is 11.6 Å². The number of carbonyl (C=O) groups excluding carboxylic acids is 3. The molecule has 0 aromatic heterocycles. The number of piperidine rings is 2. The van der Waals surface area contributed by atoms with Crippen LogP contribution in [-0.4, -0.2) is 37.0 Å². The van der Waals surface area contributed by atoms with Crippen LogP contribution in [0, 0.1) is 11.6 Å². The number of anilines is 2. The van der Waals surface area contributed by atoms with Gasteiger partial charge in [-0.25, -0.2) is 13.6 Å². The second-order valence-corrected chi connectivity index (χ2v) is 6.43. The molecule has 2 aliphatic rings. The molecule has 4 amide bonds. The summed E-state index contributed by atoms with van der Waals surface area (Å²) in [6, 6.07) is 0.887. The van der Waals surface area contributed by atoms with Crippen molar-refractivity contribution in [1.29, 1.82) is 0 Å². The SMILES string of the molecule is NC(=O)N[C@@H]1CCCN(c2ccc(N3CCCCC3=O)c(F)c2F)C1=O. The molecule has 2 saturated heterocycles. The predicted molar refractivity (Wildman–Crippen MR) is 90.7 cm³/mol. The third kappa shape index (κ3) is 3.33. The number of nitrogens with one attached hydrogen (secondary N) is 1. The molecule has 0 spiro atoms. The van der Waals surface area contributed by atoms with Gasteiger partial charge in [-0.2, -0.15) is 0 Å². The summed E-state index contributed by atoms with van der Waals surface area (Å²) >= 11 is 0. The van der Waals surface area contributed by atoms with Crippen LogP contribution in [0.25, 0.3) is 0 Å². The smallest absolute Gasteiger partial charge is 0.312 e. The first-order chi connectivity index (χ1) is 12.4. The number of hydrogen-bond donors (Lipinski definition) is 2. The number of urea groups is 1. The number of nitrogens with two attached hydrogens (primary N) is 1. The highest BCUT2D eigenvalue weighted by Gasteiger charge is 2.33. The number of primary amides is 1. The fraction of sp³-hybridized carbons (Fsp3) is 0.471. The minimum Gasteiger partial charge on any atom is -0.352 e. The van der Waals surface area contributed by atoms with Crippen LogP contribution in [0.15, 0.2) is 12.1 Å². The molecule has 0 saturated carbocycles. The Bertz CT molecular complexity index is 756. The zero-order valence-electron chi connectivity index (χ0n) is 14.1. The van der Waals surface area contributed by atoms with Crippen LogP contribution < -0.4 is 20.9 Å². The van der Waals surface area contributed by atoms with Crippen molar-refractivity contribution < 1.29 is 23.2 Å². The van der Waals surface area contributed by atoms with Crippen molar-refractivity contribution in [2.45, 2.75) is 38.1 Å². The number of benzene rings is 1. The molecule has 9 heteroatoms. The third-order valence-corrected chi connectivity index (χ3v) is 4.70. The van der Waals surface area contributed by atoms with Gasteiger partial charge in [-0.1, -0.05) is 0 Å². The first kappa shape index (κ1) is 18.1. The lowest BCUT2D eigenvalue weighted by atomic mass is 10.0. The van der Waals surface area contributed by atoms with Crippen LogP contribution >= 0.6 is 0 Å². The number of hydrogen-bond acceptors (Lipinski definition) is 3. The number of carbonyl (C=O) groups is 3. The van der Waals surface area contributed by atoms with Gasteiger partial charge in [0, 0.05) is 19.5 Å². The number of amides is 4. The summed E-state index contributed by atoms with van der Waals surface area (Å²) in [5.41, 5.74) is 4.72. The van der Waals surface area contributed by atoms with E-state index in [9.17, 15) is 23.2 Å². The second kappa shape index (κ2) is 7.27. The Morgan fingerprint density at radius 1 is 1.04 bits per heavy atom. The van der Waals surface area contributed by atoms with Gasteiger partial charge in [-0.3, -0.25) is 9.59 Å². The van der Waals surface area contributed by atoms with E-state index in [1.165, 1.54) is 17.0 Å². The third-order valence-electron chi connectivity index (χ3n) is 4.70. The molecule has 2 aliphatic heterocycles. The maximum Gasteiger partial charge on any atom is 0.312 e. The standard InChI is InChI=1S/C17H20F2N4O3/c18-14-11(22-8-2-1-5-13(22)24)6-7-12(15(14)19)23-9-3-4-10(16(23)25)21-17(20)26/h6-7,10H,1-5,8-9H2,(H3,20,21,26)/t10-/m1/s1. The van der Waals surface area contributed by atoms with Crippen LogP contribution in [0.5, 0.6) is 0 Å². The largest absolute Gasteiger partial charge is 0.352 e. The minimum atomic E-state index is -1.19. The van der Waals surface area contributed by atoms with Gasteiger partial charge in [-0.05, 0) is 37.8 Å². The molecule has 1 aromatic rings. The van der Waals surface area contributed by atoms with Gasteiger partial charge < -0.3 is 20.9 Å². The maximum absolute atomic E-state index is 14.7. The Morgan fingerprint density at radius 2 is 1.65 bits per heavy atom. The van der Waals surface area contributed by atoms with Gasteiger partial charge >= 0.3 is 6.03 Å². The summed E-state index contributed by atoms with van der Waals surface area (Å²) in [6.07, 6.45) is 2.63. The van der Waals surface area contributed by atoms with Crippen LogP contribution in [-0.2, 0) is 9.59 Å². The molecule has 0 bridgehead atoms. The summed E-state index contributed by atoms with van der Waals surface area (Å²) in [6.45, 7) is 0.538. The van der Waals surface area contributed by atoms with E-state index < -0.39 is 29.6 Å². The van der Waals surface area contributed by atoms with Gasteiger partial charge in [0.2, 0.25) is 11.8 Å². The highest BCUT2D eigenvalue weighted by Crippen LogP contribution is 2.32. The summed E-state index contributed by atoms with van der Waals surface area (Å²) in [5, 5.41) is 2.31. The summed E-state index contributed by atoms with van der Waals surface area (Å²) < 4.78 is 29.3. The lowest BCUT2D eigenvalue weighted by molar-refractivity contribution is -0.121. The predicted octanol–water partition coefficient (Wildman–Crippen LogP) is 1.65. The summed E-state index contributed by atoms with van der Waals surface area (Å²) in [5.74, 6) is -3.14. The van der Waals surface area contributed by atoms with E-state index in [0.717, 1.165) is 17.7 Å². The Balaban J connectivity index is 1.89. The minimum absolute atomic E-state index is 0.118. The maximum atomic E-state index is 14.7. The monoisotopic (exact) mass is 366 g/mol. The molecule has 1 atom stereocenters. The normalized spacial score (nSPS) is 21.1. The van der Waals surface area contributed by atoms with Crippen LogP contribution in [0.2, 0.25) is 0 Å². The van der Waals surface area contributed by atoms with Crippen LogP contribution in [0.1, 0.15) is 32.1 Å². The fourth-order valence-corrected chi connectivity index (χ4v) is 3.43. The van der Waals surface area contributed by atoms with Crippen molar-refractivity contribution in [3.8, 4) is 0 Å². The van der Waals surface area contributed by atoms with Crippen molar-refractivity contribution in [2.75, 3.05) is 22.9 Å². The van der Waals surface area contributed by atoms with Crippen LogP contribution in [0.4, 0.5) is 25.0 Å². The second-order valence-electron chi connectivity index (χ2n) is 6.43. The molecule has 7 nitrogen and oxygen atoms in total. The molecule has 3 N–H and O–H groups in total. The molecule has 0 radical (unpaired) electrons. The van der Waals surface area contributed by atoms with Crippen LogP contribution in [0.3, 0.4) is 0 Å². The zero-order chi connectivity index (χ0) is 18.8. The molecule has 2 heterocycles. The molecule has 26 heavy (non-hydrogen) atoms. The van der Waals surface area contributed by atoms with Crippen molar-refractivity contribution >= 4 is 29.2 Å². The lowest BCUT2D eigenvalue weighted by Crippen LogP contribution is -2.53. The lowest BCUT2D eigenvalue weighted by Gasteiger charge is -2.33. The van der Waals surface area contributed by atoms with Crippen molar-refractivity contribution in [3.05, 3.63) is 23.8 Å². The molecule has 3 rings (SSSR count). The Morgan fingerprint density at radius 3 is 2.27 bits per heavy atom. The highest BCUT2D eigenvalue weighted by molar-refractivity contribution is 6.00. The van der Waals surface area contributed by atoms with E-state index in [2.05, 4.69) is 5.32 Å². The van der Waals surface area contributed by atoms with Gasteiger partial charge in [-0.15, -0.1) is 0 Å². The van der Waals surface area contributed by atoms with Gasteiger partial charge in [0.25, 0.3) is 0 Å². The van der Waals surface area contributed by atoms with Gasteiger partial charge in [0.05, 0.1) is 11.4 Å². The topological polar surface area (TPSA) is 95.7 Å². The summed E-state index contributed by atoms with van der Waals surface area (Å²) in [7, 11) is 0. The fourth-order valence-electron chi connectivity index (χ4n) is 3.43. The van der Waals surface area contributed by atoms with E-state index in [0.29, 0.717) is 25.8 Å². The molecule has 2 fully saturated rings. The zero-order valence-corrected chi connectivity index (χ0v) is 14.1. The number of rotatable bonds is 3. The quantitative estimate of drug-likeness (QED) is 0.851. The molecule has 0 aliphatic carbocycles. The Kier molecular flexibility index (Phi) is 5.06. The molecule has 140 valence electrons. The van der Waals surface area contributed by atoms with E-state index in [1.54, 1.807) is 0 Å². The van der Waals surface area contributed by atoms with Crippen molar-refractivity contribution in [2.24, 2.45) is 5.73 Å². The highest BCUT2D eigenvalue weighted by atomic mass is 19.2. The van der Waals surface area contributed by atoms with Crippen molar-refractivity contribution in [1.82, 2.24) is 5.32 Å². The first-order valence-corrected chi connectivity index (χ1v) is 8.56. The number of halogens is 2. The molecule has 1 aromatic carbocycles. The first-order valence-electron chi connectivity index (χ1n) is 8.56.